The average molecular weight is 452 g/mol. The van der Waals surface area contributed by atoms with Gasteiger partial charge in [0.2, 0.25) is 0 Å². The van der Waals surface area contributed by atoms with Gasteiger partial charge in [0.05, 0.1) is 42.8 Å². The predicted molar refractivity (Wildman–Crippen MR) is 119 cm³/mol. The molecule has 2 unspecified atom stereocenters. The highest BCUT2D eigenvalue weighted by atomic mass is 19.4. The second kappa shape index (κ2) is 9.92. The summed E-state index contributed by atoms with van der Waals surface area (Å²) >= 11 is 0. The largest absolute Gasteiger partial charge is 0.417 e. The number of allylic oxidation sites excluding steroid dienone is 1. The summed E-state index contributed by atoms with van der Waals surface area (Å²) in [5, 5.41) is 12.3. The van der Waals surface area contributed by atoms with E-state index in [0.717, 1.165) is 30.2 Å². The molecule has 0 bridgehead atoms. The van der Waals surface area contributed by atoms with Crippen LogP contribution in [-0.4, -0.2) is 22.2 Å². The molecule has 2 aromatic carbocycles. The van der Waals surface area contributed by atoms with Crippen molar-refractivity contribution in [2.24, 2.45) is 5.92 Å². The number of nitrogens with zero attached hydrogens (tertiary/aromatic N) is 3. The molecular weight excluding hydrogens is 429 g/mol. The number of hydrogen-bond acceptors (Lipinski definition) is 4. The van der Waals surface area contributed by atoms with E-state index in [0.29, 0.717) is 18.9 Å². The number of ether oxygens (including phenoxy) is 1. The van der Waals surface area contributed by atoms with E-state index in [1.165, 1.54) is 12.1 Å². The van der Waals surface area contributed by atoms with Gasteiger partial charge in [0, 0.05) is 29.7 Å². The molecule has 5 nitrogen and oxygen atoms in total. The van der Waals surface area contributed by atoms with Crippen LogP contribution in [0, 0.1) is 17.2 Å². The highest BCUT2D eigenvalue weighted by Crippen LogP contribution is 2.35. The zero-order valence-corrected chi connectivity index (χ0v) is 17.8. The van der Waals surface area contributed by atoms with Crippen molar-refractivity contribution >= 4 is 11.4 Å². The Morgan fingerprint density at radius 1 is 1.18 bits per heavy atom. The third kappa shape index (κ3) is 5.62. The van der Waals surface area contributed by atoms with Crippen LogP contribution in [0.5, 0.6) is 0 Å². The van der Waals surface area contributed by atoms with Crippen LogP contribution in [0.4, 0.5) is 18.9 Å². The van der Waals surface area contributed by atoms with Gasteiger partial charge in [-0.3, -0.25) is 0 Å². The molecule has 1 aliphatic rings. The lowest BCUT2D eigenvalue weighted by Crippen LogP contribution is -2.34. The third-order valence-corrected chi connectivity index (χ3v) is 5.71. The quantitative estimate of drug-likeness (QED) is 0.498. The van der Waals surface area contributed by atoms with Crippen LogP contribution in [0.25, 0.3) is 5.70 Å². The van der Waals surface area contributed by atoms with E-state index < -0.39 is 17.3 Å². The maximum absolute atomic E-state index is 13.4. The van der Waals surface area contributed by atoms with Crippen molar-refractivity contribution in [2.45, 2.75) is 31.7 Å². The molecule has 33 heavy (non-hydrogen) atoms. The molecule has 1 heterocycles. The lowest BCUT2D eigenvalue weighted by atomic mass is 9.88. The fraction of sp³-hybridized carbons (Fsp3) is 0.280. The molecule has 170 valence electrons. The van der Waals surface area contributed by atoms with Gasteiger partial charge < -0.3 is 14.6 Å². The first-order chi connectivity index (χ1) is 15.9. The van der Waals surface area contributed by atoms with Gasteiger partial charge in [-0.25, -0.2) is 4.98 Å². The molecule has 0 saturated heterocycles. The Bertz CT molecular complexity index is 1130. The zero-order valence-electron chi connectivity index (χ0n) is 17.8. The molecule has 8 heteroatoms. The molecular formula is C25H23F3N4O. The Labute approximate surface area is 190 Å². The summed E-state index contributed by atoms with van der Waals surface area (Å²) in [6.07, 6.45) is 4.26. The van der Waals surface area contributed by atoms with Crippen molar-refractivity contribution in [3.63, 3.8) is 0 Å². The number of nitrogens with one attached hydrogen (secondary N) is 1. The number of nitriles is 1. The summed E-state index contributed by atoms with van der Waals surface area (Å²) in [5.74, 6) is 0.0611. The van der Waals surface area contributed by atoms with Crippen LogP contribution in [0.15, 0.2) is 73.3 Å². The number of imidazole rings is 1. The minimum atomic E-state index is -4.61. The first kappa shape index (κ1) is 22.6. The first-order valence-corrected chi connectivity index (χ1v) is 10.6. The number of benzene rings is 2. The van der Waals surface area contributed by atoms with Crippen LogP contribution in [0.3, 0.4) is 0 Å². The highest BCUT2D eigenvalue weighted by molar-refractivity contribution is 5.56. The smallest absolute Gasteiger partial charge is 0.378 e. The lowest BCUT2D eigenvalue weighted by Gasteiger charge is -2.32. The Kier molecular flexibility index (Phi) is 6.80. The molecule has 2 atom stereocenters. The monoisotopic (exact) mass is 452 g/mol. The van der Waals surface area contributed by atoms with Crippen molar-refractivity contribution in [3.05, 3.63) is 90.0 Å². The summed E-state index contributed by atoms with van der Waals surface area (Å²) in [6.45, 7) is 0.930. The van der Waals surface area contributed by atoms with Gasteiger partial charge in [-0.15, -0.1) is 0 Å². The fourth-order valence-electron chi connectivity index (χ4n) is 3.99. The van der Waals surface area contributed by atoms with Crippen LogP contribution in [0.2, 0.25) is 0 Å². The number of aromatic nitrogens is 2. The summed E-state index contributed by atoms with van der Waals surface area (Å²) in [4.78, 5) is 4.09. The van der Waals surface area contributed by atoms with Crippen LogP contribution >= 0.6 is 0 Å². The lowest BCUT2D eigenvalue weighted by molar-refractivity contribution is -0.137. The average Bonchev–Trinajstić information content (AvgIpc) is 3.35. The van der Waals surface area contributed by atoms with E-state index in [4.69, 9.17) is 10.00 Å². The van der Waals surface area contributed by atoms with Crippen molar-refractivity contribution < 1.29 is 17.9 Å². The Balaban J connectivity index is 1.55. The Hall–Kier alpha value is -3.57. The molecule has 3 aromatic rings. The molecule has 1 aliphatic carbocycles. The van der Waals surface area contributed by atoms with Gasteiger partial charge in [0.25, 0.3) is 0 Å². The number of hydrogen-bond donors (Lipinski definition) is 1. The van der Waals surface area contributed by atoms with Crippen LogP contribution in [0.1, 0.15) is 29.5 Å². The van der Waals surface area contributed by atoms with Gasteiger partial charge in [0.1, 0.15) is 0 Å². The zero-order chi connectivity index (χ0) is 23.3. The molecule has 1 aromatic heterocycles. The number of halogens is 3. The number of alkyl halides is 3. The fourth-order valence-corrected chi connectivity index (χ4v) is 3.99. The van der Waals surface area contributed by atoms with E-state index >= 15 is 0 Å². The molecule has 0 amide bonds. The minimum Gasteiger partial charge on any atom is -0.378 e. The molecule has 1 N–H and O–H groups in total. The maximum Gasteiger partial charge on any atom is 0.417 e. The summed E-state index contributed by atoms with van der Waals surface area (Å²) in [5.41, 5.74) is 1.06. The van der Waals surface area contributed by atoms with Gasteiger partial charge >= 0.3 is 6.18 Å². The Morgan fingerprint density at radius 3 is 2.70 bits per heavy atom. The van der Waals surface area contributed by atoms with Crippen molar-refractivity contribution in [2.75, 3.05) is 11.9 Å². The summed E-state index contributed by atoms with van der Waals surface area (Å²) in [6, 6.07) is 14.9. The number of anilines is 1. The third-order valence-electron chi connectivity index (χ3n) is 5.71. The predicted octanol–water partition coefficient (Wildman–Crippen LogP) is 5.72. The van der Waals surface area contributed by atoms with E-state index in [1.54, 1.807) is 18.6 Å². The first-order valence-electron chi connectivity index (χ1n) is 10.6. The van der Waals surface area contributed by atoms with E-state index in [9.17, 15) is 13.2 Å². The van der Waals surface area contributed by atoms with Gasteiger partial charge in [-0.05, 0) is 42.7 Å². The highest BCUT2D eigenvalue weighted by Gasteiger charge is 2.34. The normalized spacial score (nSPS) is 18.4. The minimum absolute atomic E-state index is 0.0611. The SMILES string of the molecule is N#Cc1ccc(NC2C=C(n3ccnc3)CCC2COCc2ccccc2)cc1C(F)(F)F. The van der Waals surface area contributed by atoms with Crippen molar-refractivity contribution in [1.29, 1.82) is 5.26 Å². The molecule has 0 fully saturated rings. The van der Waals surface area contributed by atoms with E-state index in [1.807, 2.05) is 47.2 Å². The second-order valence-electron chi connectivity index (χ2n) is 7.97. The molecule has 0 saturated carbocycles. The number of rotatable bonds is 7. The Morgan fingerprint density at radius 2 is 2.00 bits per heavy atom. The molecule has 0 spiro atoms. The van der Waals surface area contributed by atoms with Gasteiger partial charge in [0.15, 0.2) is 0 Å². The van der Waals surface area contributed by atoms with Crippen LogP contribution < -0.4 is 5.32 Å². The van der Waals surface area contributed by atoms with E-state index in [2.05, 4.69) is 10.3 Å². The van der Waals surface area contributed by atoms with E-state index in [-0.39, 0.29) is 12.0 Å². The van der Waals surface area contributed by atoms with Crippen LogP contribution in [-0.2, 0) is 17.5 Å². The summed E-state index contributed by atoms with van der Waals surface area (Å²) in [7, 11) is 0. The molecule has 0 aliphatic heterocycles. The van der Waals surface area contributed by atoms with Gasteiger partial charge in [-0.2, -0.15) is 18.4 Å². The second-order valence-corrected chi connectivity index (χ2v) is 7.97. The summed E-state index contributed by atoms with van der Waals surface area (Å²) < 4.78 is 48.1. The standard InChI is InChI=1S/C25H23F3N4O/c26-25(27,28)23-12-21(8-6-19(23)14-29)31-24-13-22(32-11-10-30-17-32)9-7-20(24)16-33-15-18-4-2-1-3-5-18/h1-6,8,10-13,17,20,24,31H,7,9,15-16H2. The van der Waals surface area contributed by atoms with Crippen molar-refractivity contribution in [3.8, 4) is 6.07 Å². The molecule has 0 radical (unpaired) electrons. The van der Waals surface area contributed by atoms with Gasteiger partial charge in [-0.1, -0.05) is 30.3 Å². The maximum atomic E-state index is 13.4. The topological polar surface area (TPSA) is 62.9 Å². The molecule has 4 rings (SSSR count). The van der Waals surface area contributed by atoms with Crippen molar-refractivity contribution in [1.82, 2.24) is 9.55 Å².